The Bertz CT molecular complexity index is 728. The number of ketones is 1. The monoisotopic (exact) mass is 304 g/mol. The first-order chi connectivity index (χ1) is 10.4. The second kappa shape index (κ2) is 5.73. The van der Waals surface area contributed by atoms with Crippen molar-refractivity contribution in [3.05, 3.63) is 33.4 Å². The van der Waals surface area contributed by atoms with Crippen LogP contribution < -0.4 is 0 Å². The van der Waals surface area contributed by atoms with Crippen molar-refractivity contribution in [3.63, 3.8) is 0 Å². The van der Waals surface area contributed by atoms with Gasteiger partial charge in [0.25, 0.3) is 0 Å². The molecule has 1 aromatic carbocycles. The summed E-state index contributed by atoms with van der Waals surface area (Å²) in [7, 11) is 0. The van der Waals surface area contributed by atoms with Crippen LogP contribution in [0.3, 0.4) is 0 Å². The highest BCUT2D eigenvalue weighted by molar-refractivity contribution is 6.06. The van der Waals surface area contributed by atoms with Crippen molar-refractivity contribution >= 4 is 17.2 Å². The van der Waals surface area contributed by atoms with Crippen LogP contribution in [0.4, 0.5) is 5.69 Å². The Balaban J connectivity index is 2.53. The van der Waals surface area contributed by atoms with Gasteiger partial charge in [0.2, 0.25) is 5.75 Å². The number of nitro benzene ring substituents is 1. The quantitative estimate of drug-likeness (QED) is 0.193. The van der Waals surface area contributed by atoms with Crippen molar-refractivity contribution in [2.75, 3.05) is 0 Å². The van der Waals surface area contributed by atoms with E-state index in [4.69, 9.17) is 5.26 Å². The van der Waals surface area contributed by atoms with Crippen molar-refractivity contribution in [3.8, 4) is 17.6 Å². The molecule has 1 aromatic rings. The molecule has 0 bridgehead atoms. The van der Waals surface area contributed by atoms with Gasteiger partial charge < -0.3 is 15.3 Å². The maximum Gasteiger partial charge on any atom is 0.315 e. The van der Waals surface area contributed by atoms with Crippen LogP contribution in [0, 0.1) is 27.4 Å². The molecule has 1 fully saturated rings. The predicted molar refractivity (Wildman–Crippen MR) is 73.9 cm³/mol. The number of rotatable bonds is 4. The molecule has 1 aliphatic carbocycles. The van der Waals surface area contributed by atoms with Crippen LogP contribution >= 0.6 is 0 Å². The largest absolute Gasteiger partial charge is 0.506 e. The first-order valence-corrected chi connectivity index (χ1v) is 6.45. The average Bonchev–Trinajstić information content (AvgIpc) is 2.39. The summed E-state index contributed by atoms with van der Waals surface area (Å²) >= 11 is 0. The number of phenolic OH excluding ortho intramolecular Hbond substituents is 2. The van der Waals surface area contributed by atoms with Crippen LogP contribution in [0.25, 0.3) is 5.76 Å². The van der Waals surface area contributed by atoms with Crippen LogP contribution in [-0.2, 0) is 4.79 Å². The zero-order valence-corrected chi connectivity index (χ0v) is 11.3. The van der Waals surface area contributed by atoms with Crippen molar-refractivity contribution < 1.29 is 25.0 Å². The molecule has 2 rings (SSSR count). The summed E-state index contributed by atoms with van der Waals surface area (Å²) in [5, 5.41) is 48.8. The lowest BCUT2D eigenvalue weighted by atomic mass is 9.79. The number of carbonyl (C=O) groups is 1. The minimum absolute atomic E-state index is 0.286. The second-order valence-electron chi connectivity index (χ2n) is 4.95. The molecule has 0 amide bonds. The molecule has 8 heteroatoms. The van der Waals surface area contributed by atoms with Crippen LogP contribution in [0.1, 0.15) is 24.8 Å². The molecule has 0 aliphatic heterocycles. The van der Waals surface area contributed by atoms with Gasteiger partial charge in [0.05, 0.1) is 4.92 Å². The molecule has 0 radical (unpaired) electrons. The highest BCUT2D eigenvalue weighted by Crippen LogP contribution is 2.38. The number of hydrogen-bond acceptors (Lipinski definition) is 7. The lowest BCUT2D eigenvalue weighted by Gasteiger charge is -2.23. The van der Waals surface area contributed by atoms with E-state index < -0.39 is 39.2 Å². The SMILES string of the molecule is N#C/C(C(=O)C1CCC1)=C(/O)c1cc(O)c(O)c([N+](=O)[O-])c1. The summed E-state index contributed by atoms with van der Waals surface area (Å²) in [6.07, 6.45) is 2.11. The number of carbonyl (C=O) groups excluding carboxylic acids is 1. The standard InChI is InChI=1S/C14H12N2O6/c15-6-9(12(18)7-2-1-3-7)13(19)8-4-10(16(21)22)14(20)11(17)5-8/h4-5,7,17,19-20H,1-3H2/b13-9-. The summed E-state index contributed by atoms with van der Waals surface area (Å²) in [6.45, 7) is 0. The first kappa shape index (κ1) is 15.3. The van der Waals surface area contributed by atoms with E-state index in [2.05, 4.69) is 0 Å². The molecule has 1 saturated carbocycles. The Morgan fingerprint density at radius 1 is 1.36 bits per heavy atom. The van der Waals surface area contributed by atoms with E-state index in [1.54, 1.807) is 6.07 Å². The van der Waals surface area contributed by atoms with Gasteiger partial charge in [0, 0.05) is 17.5 Å². The third kappa shape index (κ3) is 2.56. The predicted octanol–water partition coefficient (Wildman–Crippen LogP) is 2.17. The molecular weight excluding hydrogens is 292 g/mol. The van der Waals surface area contributed by atoms with E-state index in [9.17, 15) is 30.2 Å². The smallest absolute Gasteiger partial charge is 0.315 e. The third-order valence-corrected chi connectivity index (χ3v) is 3.61. The maximum atomic E-state index is 12.1. The molecule has 0 saturated heterocycles. The number of allylic oxidation sites excluding steroid dienone is 1. The molecule has 0 heterocycles. The fraction of sp³-hybridized carbons (Fsp3) is 0.286. The molecule has 0 spiro atoms. The van der Waals surface area contributed by atoms with Crippen molar-refractivity contribution in [2.45, 2.75) is 19.3 Å². The zero-order chi connectivity index (χ0) is 16.4. The van der Waals surface area contributed by atoms with Gasteiger partial charge in [0.1, 0.15) is 17.4 Å². The van der Waals surface area contributed by atoms with Crippen LogP contribution in [0.2, 0.25) is 0 Å². The number of nitriles is 1. The van der Waals surface area contributed by atoms with E-state index in [0.717, 1.165) is 18.6 Å². The molecule has 0 aromatic heterocycles. The normalized spacial score (nSPS) is 15.4. The Morgan fingerprint density at radius 2 is 2.00 bits per heavy atom. The number of nitrogens with zero attached hydrogens (tertiary/aromatic N) is 2. The van der Waals surface area contributed by atoms with Crippen LogP contribution in [0.15, 0.2) is 17.7 Å². The Kier molecular flexibility index (Phi) is 3.99. The van der Waals surface area contributed by atoms with Gasteiger partial charge in [-0.25, -0.2) is 0 Å². The van der Waals surface area contributed by atoms with E-state index in [0.29, 0.717) is 12.8 Å². The minimum atomic E-state index is -0.953. The van der Waals surface area contributed by atoms with E-state index in [-0.39, 0.29) is 11.5 Å². The van der Waals surface area contributed by atoms with Crippen molar-refractivity contribution in [1.29, 1.82) is 5.26 Å². The number of aliphatic hydroxyl groups excluding tert-OH is 1. The molecular formula is C14H12N2O6. The number of Topliss-reactive ketones (excluding diaryl/α,β-unsaturated/α-hetero) is 1. The van der Waals surface area contributed by atoms with Gasteiger partial charge in [-0.15, -0.1) is 0 Å². The van der Waals surface area contributed by atoms with E-state index in [1.165, 1.54) is 0 Å². The summed E-state index contributed by atoms with van der Waals surface area (Å²) in [5.74, 6) is -3.40. The number of hydrogen-bond donors (Lipinski definition) is 3. The fourth-order valence-electron chi connectivity index (χ4n) is 2.12. The highest BCUT2D eigenvalue weighted by Gasteiger charge is 2.31. The van der Waals surface area contributed by atoms with Crippen LogP contribution in [0.5, 0.6) is 11.5 Å². The zero-order valence-electron chi connectivity index (χ0n) is 11.3. The fourth-order valence-corrected chi connectivity index (χ4v) is 2.12. The van der Waals surface area contributed by atoms with Gasteiger partial charge in [-0.3, -0.25) is 14.9 Å². The first-order valence-electron chi connectivity index (χ1n) is 6.45. The van der Waals surface area contributed by atoms with E-state index in [1.807, 2.05) is 0 Å². The lowest BCUT2D eigenvalue weighted by molar-refractivity contribution is -0.386. The summed E-state index contributed by atoms with van der Waals surface area (Å²) in [6, 6.07) is 3.24. The van der Waals surface area contributed by atoms with Gasteiger partial charge >= 0.3 is 5.69 Å². The Labute approximate surface area is 124 Å². The summed E-state index contributed by atoms with van der Waals surface area (Å²) in [5.41, 5.74) is -1.63. The van der Waals surface area contributed by atoms with Gasteiger partial charge in [-0.2, -0.15) is 5.26 Å². The Hall–Kier alpha value is -3.08. The number of benzene rings is 1. The number of phenols is 2. The molecule has 0 atom stereocenters. The number of aliphatic hydroxyl groups is 1. The van der Waals surface area contributed by atoms with Crippen molar-refractivity contribution in [2.24, 2.45) is 5.92 Å². The number of nitro groups is 1. The Morgan fingerprint density at radius 3 is 2.45 bits per heavy atom. The van der Waals surface area contributed by atoms with Crippen molar-refractivity contribution in [1.82, 2.24) is 0 Å². The summed E-state index contributed by atoms with van der Waals surface area (Å²) < 4.78 is 0. The topological polar surface area (TPSA) is 145 Å². The van der Waals surface area contributed by atoms with Crippen LogP contribution in [-0.4, -0.2) is 26.0 Å². The van der Waals surface area contributed by atoms with Gasteiger partial charge in [-0.1, -0.05) is 6.42 Å². The van der Waals surface area contributed by atoms with Gasteiger partial charge in [-0.05, 0) is 18.9 Å². The molecule has 0 unspecified atom stereocenters. The lowest BCUT2D eigenvalue weighted by Crippen LogP contribution is -2.23. The molecule has 114 valence electrons. The highest BCUT2D eigenvalue weighted by atomic mass is 16.6. The second-order valence-corrected chi connectivity index (χ2v) is 4.95. The third-order valence-electron chi connectivity index (χ3n) is 3.61. The summed E-state index contributed by atoms with van der Waals surface area (Å²) in [4.78, 5) is 21.9. The molecule has 22 heavy (non-hydrogen) atoms. The van der Waals surface area contributed by atoms with Gasteiger partial charge in [0.15, 0.2) is 11.5 Å². The minimum Gasteiger partial charge on any atom is -0.506 e. The average molecular weight is 304 g/mol. The molecule has 3 N–H and O–H groups in total. The van der Waals surface area contributed by atoms with E-state index >= 15 is 0 Å². The molecule has 1 aliphatic rings. The maximum absolute atomic E-state index is 12.1. The number of aromatic hydroxyl groups is 2. The molecule has 8 nitrogen and oxygen atoms in total.